The zero-order chi connectivity index (χ0) is 16.0. The minimum absolute atomic E-state index is 0.0577. The summed E-state index contributed by atoms with van der Waals surface area (Å²) in [7, 11) is 0. The first-order valence-electron chi connectivity index (χ1n) is 5.98. The van der Waals surface area contributed by atoms with E-state index in [0.717, 1.165) is 0 Å². The van der Waals surface area contributed by atoms with Gasteiger partial charge in [0.05, 0.1) is 6.42 Å². The van der Waals surface area contributed by atoms with Gasteiger partial charge in [-0.15, -0.1) is 0 Å². The number of carbonyl (C=O) groups excluding carboxylic acids is 1. The Bertz CT molecular complexity index is 526. The average Bonchev–Trinajstić information content (AvgIpc) is 2.39. The van der Waals surface area contributed by atoms with Gasteiger partial charge in [0, 0.05) is 0 Å². The molecule has 8 heteroatoms. The molecular weight excluding hydrogens is 282 g/mol. The molecule has 0 spiro atoms. The second-order valence-electron chi connectivity index (χ2n) is 4.34. The van der Waals surface area contributed by atoms with Crippen molar-refractivity contribution in [2.45, 2.75) is 25.0 Å². The molecule has 8 nitrogen and oxygen atoms in total. The van der Waals surface area contributed by atoms with Crippen molar-refractivity contribution in [3.63, 3.8) is 0 Å². The summed E-state index contributed by atoms with van der Waals surface area (Å²) in [6, 6.07) is 4.80. The van der Waals surface area contributed by atoms with Crippen LogP contribution in [0.5, 0.6) is 5.75 Å². The Morgan fingerprint density at radius 1 is 1.14 bits per heavy atom. The Hall–Kier alpha value is -2.61. The van der Waals surface area contributed by atoms with Gasteiger partial charge in [-0.25, -0.2) is 4.79 Å². The van der Waals surface area contributed by atoms with Crippen LogP contribution in [-0.4, -0.2) is 45.4 Å². The van der Waals surface area contributed by atoms with Gasteiger partial charge in [0.15, 0.2) is 0 Å². The zero-order valence-corrected chi connectivity index (χ0v) is 10.9. The van der Waals surface area contributed by atoms with Crippen molar-refractivity contribution in [1.82, 2.24) is 0 Å². The smallest absolute Gasteiger partial charge is 0.345 e. The van der Waals surface area contributed by atoms with E-state index >= 15 is 0 Å². The third-order valence-corrected chi connectivity index (χ3v) is 2.59. The largest absolute Gasteiger partial charge is 0.508 e. The molecule has 0 bridgehead atoms. The van der Waals surface area contributed by atoms with Crippen LogP contribution in [0.25, 0.3) is 0 Å². The molecule has 1 unspecified atom stereocenters. The molecule has 0 amide bonds. The highest BCUT2D eigenvalue weighted by Crippen LogP contribution is 2.12. The van der Waals surface area contributed by atoms with Gasteiger partial charge in [0.2, 0.25) is 6.10 Å². The third-order valence-electron chi connectivity index (χ3n) is 2.59. The SMILES string of the molecule is N[C@@H](Cc1ccc(O)cc1)C(=O)OC(CC(=O)O)C(=O)O. The van der Waals surface area contributed by atoms with Crippen molar-refractivity contribution < 1.29 is 34.4 Å². The summed E-state index contributed by atoms with van der Waals surface area (Å²) in [5.74, 6) is -3.90. The number of aromatic hydroxyl groups is 1. The Labute approximate surface area is 119 Å². The normalized spacial score (nSPS) is 13.2. The number of phenolic OH excluding ortho intramolecular Hbond substituents is 1. The van der Waals surface area contributed by atoms with Gasteiger partial charge < -0.3 is 25.8 Å². The molecule has 0 aliphatic rings. The molecule has 0 radical (unpaired) electrons. The van der Waals surface area contributed by atoms with Gasteiger partial charge in [-0.1, -0.05) is 12.1 Å². The van der Waals surface area contributed by atoms with E-state index in [9.17, 15) is 14.4 Å². The van der Waals surface area contributed by atoms with Crippen LogP contribution in [0.3, 0.4) is 0 Å². The number of hydrogen-bond acceptors (Lipinski definition) is 6. The number of ether oxygens (including phenoxy) is 1. The van der Waals surface area contributed by atoms with E-state index in [2.05, 4.69) is 4.74 Å². The molecule has 0 fully saturated rings. The van der Waals surface area contributed by atoms with E-state index in [4.69, 9.17) is 21.1 Å². The summed E-state index contributed by atoms with van der Waals surface area (Å²) in [6.45, 7) is 0. The molecular formula is C13H15NO7. The maximum atomic E-state index is 11.7. The minimum Gasteiger partial charge on any atom is -0.508 e. The van der Waals surface area contributed by atoms with Crippen molar-refractivity contribution >= 4 is 17.9 Å². The number of carbonyl (C=O) groups is 3. The summed E-state index contributed by atoms with van der Waals surface area (Å²) in [6.07, 6.45) is -2.55. The average molecular weight is 297 g/mol. The molecule has 21 heavy (non-hydrogen) atoms. The fourth-order valence-electron chi connectivity index (χ4n) is 1.53. The highest BCUT2D eigenvalue weighted by Gasteiger charge is 2.27. The van der Waals surface area contributed by atoms with E-state index in [1.165, 1.54) is 12.1 Å². The van der Waals surface area contributed by atoms with Crippen molar-refractivity contribution in [2.24, 2.45) is 5.73 Å². The molecule has 1 aromatic rings. The summed E-state index contributed by atoms with van der Waals surface area (Å²) >= 11 is 0. The first-order chi connectivity index (χ1) is 9.79. The van der Waals surface area contributed by atoms with Crippen LogP contribution in [0.15, 0.2) is 24.3 Å². The number of nitrogens with two attached hydrogens (primary N) is 1. The third kappa shape index (κ3) is 5.49. The van der Waals surface area contributed by atoms with Crippen molar-refractivity contribution in [1.29, 1.82) is 0 Å². The van der Waals surface area contributed by atoms with Crippen LogP contribution in [0.2, 0.25) is 0 Å². The number of rotatable bonds is 7. The maximum Gasteiger partial charge on any atom is 0.345 e. The molecule has 114 valence electrons. The zero-order valence-electron chi connectivity index (χ0n) is 10.9. The molecule has 0 aliphatic heterocycles. The van der Waals surface area contributed by atoms with Gasteiger partial charge in [0.25, 0.3) is 0 Å². The van der Waals surface area contributed by atoms with Crippen LogP contribution in [-0.2, 0) is 25.5 Å². The summed E-state index contributed by atoms with van der Waals surface area (Å²) < 4.78 is 4.59. The first-order valence-corrected chi connectivity index (χ1v) is 5.98. The topological polar surface area (TPSA) is 147 Å². The summed E-state index contributed by atoms with van der Waals surface area (Å²) in [4.78, 5) is 32.9. The highest BCUT2D eigenvalue weighted by atomic mass is 16.6. The number of hydrogen-bond donors (Lipinski definition) is 4. The van der Waals surface area contributed by atoms with E-state index in [-0.39, 0.29) is 12.2 Å². The van der Waals surface area contributed by atoms with E-state index in [1.807, 2.05) is 0 Å². The number of esters is 1. The van der Waals surface area contributed by atoms with Crippen molar-refractivity contribution in [3.05, 3.63) is 29.8 Å². The molecule has 2 atom stereocenters. The number of carboxylic acids is 2. The number of carboxylic acid groups (broad SMARTS) is 2. The number of phenols is 1. The monoisotopic (exact) mass is 297 g/mol. The molecule has 5 N–H and O–H groups in total. The van der Waals surface area contributed by atoms with Crippen LogP contribution in [0.4, 0.5) is 0 Å². The van der Waals surface area contributed by atoms with Gasteiger partial charge in [-0.3, -0.25) is 9.59 Å². The second-order valence-corrected chi connectivity index (χ2v) is 4.34. The predicted octanol–water partition coefficient (Wildman–Crippen LogP) is -0.267. The van der Waals surface area contributed by atoms with Gasteiger partial charge in [-0.2, -0.15) is 0 Å². The quantitative estimate of drug-likeness (QED) is 0.503. The highest BCUT2D eigenvalue weighted by molar-refractivity contribution is 5.84. The standard InChI is InChI=1S/C13H15NO7/c14-9(5-7-1-3-8(15)4-2-7)13(20)21-10(12(18)19)6-11(16)17/h1-4,9-10,15H,5-6,14H2,(H,16,17)(H,18,19)/t9-,10?/m0/s1. The van der Waals surface area contributed by atoms with Gasteiger partial charge in [-0.05, 0) is 24.1 Å². The summed E-state index contributed by atoms with van der Waals surface area (Å²) in [5, 5.41) is 26.4. The fraction of sp³-hybridized carbons (Fsp3) is 0.308. The lowest BCUT2D eigenvalue weighted by Gasteiger charge is -2.15. The lowest BCUT2D eigenvalue weighted by Crippen LogP contribution is -2.39. The van der Waals surface area contributed by atoms with E-state index in [0.29, 0.717) is 5.56 Å². The number of aliphatic carboxylic acids is 2. The molecule has 0 aromatic heterocycles. The van der Waals surface area contributed by atoms with Gasteiger partial charge >= 0.3 is 17.9 Å². The lowest BCUT2D eigenvalue weighted by molar-refractivity contribution is -0.168. The molecule has 0 heterocycles. The minimum atomic E-state index is -1.78. The van der Waals surface area contributed by atoms with Crippen molar-refractivity contribution in [2.75, 3.05) is 0 Å². The molecule has 0 aliphatic carbocycles. The van der Waals surface area contributed by atoms with Gasteiger partial charge in [0.1, 0.15) is 11.8 Å². The summed E-state index contributed by atoms with van der Waals surface area (Å²) in [5.41, 5.74) is 6.23. The Balaban J connectivity index is 2.62. The lowest BCUT2D eigenvalue weighted by atomic mass is 10.1. The Kier molecular flexibility index (Phi) is 5.67. The first kappa shape index (κ1) is 16.4. The molecule has 1 rings (SSSR count). The fourth-order valence-corrected chi connectivity index (χ4v) is 1.53. The molecule has 0 saturated carbocycles. The van der Waals surface area contributed by atoms with Crippen molar-refractivity contribution in [3.8, 4) is 5.75 Å². The van der Waals surface area contributed by atoms with Crippen LogP contribution >= 0.6 is 0 Å². The van der Waals surface area contributed by atoms with E-state index < -0.39 is 36.5 Å². The molecule has 0 saturated heterocycles. The number of benzene rings is 1. The maximum absolute atomic E-state index is 11.7. The predicted molar refractivity (Wildman–Crippen MR) is 69.6 cm³/mol. The molecule has 1 aromatic carbocycles. The Morgan fingerprint density at radius 3 is 2.19 bits per heavy atom. The van der Waals surface area contributed by atoms with E-state index in [1.54, 1.807) is 12.1 Å². The van der Waals surface area contributed by atoms with Crippen LogP contribution < -0.4 is 5.73 Å². The van der Waals surface area contributed by atoms with Crippen LogP contribution in [0, 0.1) is 0 Å². The Morgan fingerprint density at radius 2 is 1.71 bits per heavy atom. The second kappa shape index (κ2) is 7.25. The van der Waals surface area contributed by atoms with Crippen LogP contribution in [0.1, 0.15) is 12.0 Å².